The first kappa shape index (κ1) is 16.7. The Morgan fingerprint density at radius 3 is 2.70 bits per heavy atom. The number of carbonyl (C=O) groups is 2. The Labute approximate surface area is 132 Å². The fraction of sp³-hybridized carbons (Fsp3) is 0.467. The largest absolute Gasteiger partial charge is 0.480 e. The van der Waals surface area contributed by atoms with Gasteiger partial charge in [-0.15, -0.1) is 0 Å². The number of aromatic amines is 1. The monoisotopic (exact) mass is 320 g/mol. The van der Waals surface area contributed by atoms with Gasteiger partial charge in [-0.3, -0.25) is 19.5 Å². The van der Waals surface area contributed by atoms with Crippen LogP contribution in [0.5, 0.6) is 0 Å². The van der Waals surface area contributed by atoms with Crippen molar-refractivity contribution in [1.82, 2.24) is 19.9 Å². The molecule has 1 amide bonds. The molecule has 0 aromatic carbocycles. The average Bonchev–Trinajstić information content (AvgIpc) is 2.99. The van der Waals surface area contributed by atoms with Crippen LogP contribution in [-0.2, 0) is 11.2 Å². The van der Waals surface area contributed by atoms with Crippen LogP contribution in [0.2, 0.25) is 0 Å². The first-order valence-electron chi connectivity index (χ1n) is 7.55. The van der Waals surface area contributed by atoms with E-state index in [2.05, 4.69) is 29.2 Å². The lowest BCUT2D eigenvalue weighted by Crippen LogP contribution is -2.33. The van der Waals surface area contributed by atoms with E-state index in [0.29, 0.717) is 12.3 Å². The van der Waals surface area contributed by atoms with E-state index in [1.54, 1.807) is 4.52 Å². The Morgan fingerprint density at radius 1 is 1.39 bits per heavy atom. The molecule has 0 saturated carbocycles. The smallest absolute Gasteiger partial charge is 0.322 e. The van der Waals surface area contributed by atoms with Gasteiger partial charge in [-0.2, -0.15) is 0 Å². The van der Waals surface area contributed by atoms with Crippen LogP contribution in [-0.4, -0.2) is 38.1 Å². The zero-order chi connectivity index (χ0) is 17.0. The fourth-order valence-electron chi connectivity index (χ4n) is 2.54. The number of amides is 1. The summed E-state index contributed by atoms with van der Waals surface area (Å²) in [6.45, 7) is 3.63. The van der Waals surface area contributed by atoms with Gasteiger partial charge in [0.1, 0.15) is 18.4 Å². The Hall–Kier alpha value is -2.64. The number of hydrogen-bond acceptors (Lipinski definition) is 4. The summed E-state index contributed by atoms with van der Waals surface area (Å²) in [7, 11) is 0. The number of carboxylic acids is 1. The number of fused-ring (bicyclic) bond motifs is 1. The molecule has 8 nitrogen and oxygen atoms in total. The molecule has 8 heteroatoms. The minimum absolute atomic E-state index is 0.152. The summed E-state index contributed by atoms with van der Waals surface area (Å²) in [5.74, 6) is -1.49. The van der Waals surface area contributed by atoms with Gasteiger partial charge < -0.3 is 10.4 Å². The summed E-state index contributed by atoms with van der Waals surface area (Å²) in [5, 5.41) is 13.7. The van der Waals surface area contributed by atoms with Crippen LogP contribution >= 0.6 is 0 Å². The Bertz CT molecular complexity index is 773. The molecule has 2 aromatic rings. The van der Waals surface area contributed by atoms with Crippen molar-refractivity contribution in [2.75, 3.05) is 6.54 Å². The molecular formula is C15H20N4O4. The van der Waals surface area contributed by atoms with Crippen molar-refractivity contribution in [1.29, 1.82) is 0 Å². The minimum atomic E-state index is -1.18. The lowest BCUT2D eigenvalue weighted by atomic mass is 9.97. The third-order valence-corrected chi connectivity index (χ3v) is 3.92. The number of aliphatic carboxylic acids is 1. The topological polar surface area (TPSA) is 117 Å². The lowest BCUT2D eigenvalue weighted by molar-refractivity contribution is -0.135. The van der Waals surface area contributed by atoms with Gasteiger partial charge in [-0.05, 0) is 12.3 Å². The number of carboxylic acid groups (broad SMARTS) is 1. The fourth-order valence-corrected chi connectivity index (χ4v) is 2.54. The maximum Gasteiger partial charge on any atom is 0.322 e. The van der Waals surface area contributed by atoms with Crippen molar-refractivity contribution < 1.29 is 14.7 Å². The van der Waals surface area contributed by atoms with Crippen LogP contribution in [0, 0.1) is 5.92 Å². The molecule has 124 valence electrons. The molecule has 0 bridgehead atoms. The van der Waals surface area contributed by atoms with Gasteiger partial charge in [-0.25, -0.2) is 9.50 Å². The third-order valence-electron chi connectivity index (χ3n) is 3.92. The molecule has 23 heavy (non-hydrogen) atoms. The number of nitrogens with one attached hydrogen (secondary N) is 2. The summed E-state index contributed by atoms with van der Waals surface area (Å²) in [6, 6.07) is 1.42. The zero-order valence-electron chi connectivity index (χ0n) is 13.1. The van der Waals surface area contributed by atoms with Gasteiger partial charge in [0.15, 0.2) is 11.1 Å². The number of rotatable bonds is 7. The van der Waals surface area contributed by atoms with Crippen molar-refractivity contribution in [3.8, 4) is 0 Å². The third kappa shape index (κ3) is 3.58. The molecule has 0 atom stereocenters. The highest BCUT2D eigenvalue weighted by atomic mass is 16.4. The number of carbonyl (C=O) groups excluding carboxylic acids is 1. The molecule has 2 heterocycles. The quantitative estimate of drug-likeness (QED) is 0.698. The highest BCUT2D eigenvalue weighted by molar-refractivity contribution is 6.00. The van der Waals surface area contributed by atoms with E-state index in [1.165, 1.54) is 12.4 Å². The van der Waals surface area contributed by atoms with Gasteiger partial charge in [0.25, 0.3) is 5.91 Å². The van der Waals surface area contributed by atoms with E-state index < -0.39 is 23.9 Å². The van der Waals surface area contributed by atoms with Gasteiger partial charge >= 0.3 is 5.97 Å². The first-order chi connectivity index (χ1) is 11.0. The van der Waals surface area contributed by atoms with E-state index in [0.717, 1.165) is 18.5 Å². The van der Waals surface area contributed by atoms with E-state index >= 15 is 0 Å². The molecule has 2 aromatic heterocycles. The van der Waals surface area contributed by atoms with Crippen molar-refractivity contribution >= 4 is 17.5 Å². The van der Waals surface area contributed by atoms with Crippen molar-refractivity contribution in [3.63, 3.8) is 0 Å². The minimum Gasteiger partial charge on any atom is -0.480 e. The van der Waals surface area contributed by atoms with Gasteiger partial charge in [-0.1, -0.05) is 26.7 Å². The molecule has 0 spiro atoms. The van der Waals surface area contributed by atoms with Crippen LogP contribution in [0.15, 0.2) is 17.2 Å². The number of nitrogens with zero attached hydrogens (tertiary/aromatic N) is 2. The normalized spacial score (nSPS) is 11.1. The van der Waals surface area contributed by atoms with Crippen LogP contribution < -0.4 is 10.7 Å². The van der Waals surface area contributed by atoms with Crippen LogP contribution in [0.1, 0.15) is 42.7 Å². The molecule has 0 unspecified atom stereocenters. The number of pyridine rings is 1. The molecule has 0 radical (unpaired) electrons. The van der Waals surface area contributed by atoms with Gasteiger partial charge in [0.05, 0.1) is 0 Å². The zero-order valence-corrected chi connectivity index (χ0v) is 13.1. The maximum atomic E-state index is 12.3. The number of hydrogen-bond donors (Lipinski definition) is 3. The number of aromatic nitrogens is 3. The van der Waals surface area contributed by atoms with Gasteiger partial charge in [0, 0.05) is 11.8 Å². The van der Waals surface area contributed by atoms with E-state index in [4.69, 9.17) is 5.11 Å². The molecule has 0 fully saturated rings. The molecule has 0 saturated heterocycles. The lowest BCUT2D eigenvalue weighted by Gasteiger charge is -2.14. The summed E-state index contributed by atoms with van der Waals surface area (Å²) in [5.41, 5.74) is 0.356. The molecule has 0 aliphatic rings. The van der Waals surface area contributed by atoms with E-state index in [1.807, 2.05) is 0 Å². The molecule has 3 N–H and O–H groups in total. The van der Waals surface area contributed by atoms with Crippen molar-refractivity contribution in [2.45, 2.75) is 33.1 Å². The Morgan fingerprint density at radius 2 is 2.09 bits per heavy atom. The van der Waals surface area contributed by atoms with Crippen LogP contribution in [0.3, 0.4) is 0 Å². The molecule has 0 aliphatic carbocycles. The highest BCUT2D eigenvalue weighted by Crippen LogP contribution is 2.16. The maximum absolute atomic E-state index is 12.3. The summed E-state index contributed by atoms with van der Waals surface area (Å²) in [6.07, 6.45) is 4.07. The predicted octanol–water partition coefficient (Wildman–Crippen LogP) is 0.816. The standard InChI is InChI=1S/C15H20N4O4/c1-3-9(4-2)5-10-6-11(20)13(14-17-8-18-19(10)14)15(23)16-7-12(21)22/h6,8-9H,3-5,7H2,1-2H3,(H,16,23)(H,17,18)(H,21,22). The average molecular weight is 320 g/mol. The van der Waals surface area contributed by atoms with Gasteiger partial charge in [0.2, 0.25) is 0 Å². The summed E-state index contributed by atoms with van der Waals surface area (Å²) < 4.78 is 1.61. The Balaban J connectivity index is 2.43. The highest BCUT2D eigenvalue weighted by Gasteiger charge is 2.20. The summed E-state index contributed by atoms with van der Waals surface area (Å²) in [4.78, 5) is 39.0. The predicted molar refractivity (Wildman–Crippen MR) is 83.6 cm³/mol. The number of H-pyrrole nitrogens is 1. The van der Waals surface area contributed by atoms with Crippen molar-refractivity contribution in [3.05, 3.63) is 33.9 Å². The molecular weight excluding hydrogens is 300 g/mol. The second-order valence-corrected chi connectivity index (χ2v) is 5.38. The van der Waals surface area contributed by atoms with E-state index in [9.17, 15) is 14.4 Å². The van der Waals surface area contributed by atoms with E-state index in [-0.39, 0.29) is 11.2 Å². The molecule has 0 aliphatic heterocycles. The second-order valence-electron chi connectivity index (χ2n) is 5.38. The van der Waals surface area contributed by atoms with Crippen LogP contribution in [0.25, 0.3) is 5.65 Å². The first-order valence-corrected chi connectivity index (χ1v) is 7.55. The SMILES string of the molecule is CCC(CC)Cc1cc(=O)c(C(=O)NCC(=O)O)c2nc[nH]n12. The Kier molecular flexibility index (Phi) is 5.15. The summed E-state index contributed by atoms with van der Waals surface area (Å²) >= 11 is 0. The molecule has 2 rings (SSSR count). The second kappa shape index (κ2) is 7.08. The van der Waals surface area contributed by atoms with Crippen molar-refractivity contribution in [2.24, 2.45) is 5.92 Å². The van der Waals surface area contributed by atoms with Crippen LogP contribution in [0.4, 0.5) is 0 Å².